The minimum Gasteiger partial charge on any atom is -0.451 e. The molecule has 2 aliphatic carbocycles. The normalized spacial score (nSPS) is 40.1. The first-order chi connectivity index (χ1) is 10.8. The largest absolute Gasteiger partial charge is 0.451 e. The van der Waals surface area contributed by atoms with Crippen molar-refractivity contribution in [3.8, 4) is 0 Å². The van der Waals surface area contributed by atoms with Gasteiger partial charge in [-0.2, -0.15) is 35.1 Å². The van der Waals surface area contributed by atoms with Crippen LogP contribution in [-0.2, 0) is 9.53 Å². The minimum absolute atomic E-state index is 0.187. The minimum atomic E-state index is -6.75. The van der Waals surface area contributed by atoms with E-state index >= 15 is 0 Å². The zero-order chi connectivity index (χ0) is 20.1. The summed E-state index contributed by atoms with van der Waals surface area (Å²) in [5, 5.41) is 0. The highest BCUT2D eigenvalue weighted by Crippen LogP contribution is 2.79. The van der Waals surface area contributed by atoms with E-state index in [2.05, 4.69) is 4.74 Å². The average molecular weight is 390 g/mol. The highest BCUT2D eigenvalue weighted by Gasteiger charge is 3.13. The maximum Gasteiger partial charge on any atom is 0.359 e. The van der Waals surface area contributed by atoms with Gasteiger partial charge in [0.25, 0.3) is 5.67 Å². The van der Waals surface area contributed by atoms with Crippen LogP contribution in [0.5, 0.6) is 0 Å². The second-order valence-corrected chi connectivity index (χ2v) is 6.74. The van der Waals surface area contributed by atoms with Crippen molar-refractivity contribution in [3.05, 3.63) is 0 Å². The van der Waals surface area contributed by atoms with Crippen molar-refractivity contribution in [2.45, 2.75) is 68.3 Å². The molecule has 2 aliphatic rings. The maximum atomic E-state index is 14.4. The summed E-state index contributed by atoms with van der Waals surface area (Å²) in [4.78, 5) is 11.7. The van der Waals surface area contributed by atoms with Crippen LogP contribution in [0.2, 0.25) is 0 Å². The van der Waals surface area contributed by atoms with Crippen LogP contribution >= 0.6 is 0 Å². The Hall–Kier alpha value is -1.23. The fourth-order valence-electron chi connectivity index (χ4n) is 2.83. The van der Waals surface area contributed by atoms with E-state index in [-0.39, 0.29) is 6.42 Å². The smallest absolute Gasteiger partial charge is 0.359 e. The summed E-state index contributed by atoms with van der Waals surface area (Å²) in [6.45, 7) is 3.32. The van der Waals surface area contributed by atoms with Crippen molar-refractivity contribution in [1.82, 2.24) is 0 Å². The Morgan fingerprint density at radius 3 is 1.68 bits per heavy atom. The van der Waals surface area contributed by atoms with Gasteiger partial charge in [-0.1, -0.05) is 6.92 Å². The summed E-state index contributed by atoms with van der Waals surface area (Å²) in [5.74, 6) is -27.8. The molecule has 3 atom stereocenters. The molecule has 2 rings (SSSR count). The number of hydrogen-bond donors (Lipinski definition) is 0. The first kappa shape index (κ1) is 20.1. The molecule has 0 radical (unpaired) electrons. The topological polar surface area (TPSA) is 26.3 Å². The number of carbonyl (C=O) groups is 1. The maximum absolute atomic E-state index is 14.4. The molecule has 2 saturated carbocycles. The van der Waals surface area contributed by atoms with E-state index in [1.54, 1.807) is 0 Å². The van der Waals surface area contributed by atoms with Gasteiger partial charge in [0.15, 0.2) is 0 Å². The molecule has 0 amide bonds. The van der Waals surface area contributed by atoms with Gasteiger partial charge < -0.3 is 4.74 Å². The molecule has 0 aromatic rings. The number of fused-ring (bicyclic) bond motifs is 2. The lowest BCUT2D eigenvalue weighted by Gasteiger charge is -2.42. The van der Waals surface area contributed by atoms with Crippen LogP contribution in [0.25, 0.3) is 0 Å². The molecule has 0 saturated heterocycles. The monoisotopic (exact) mass is 390 g/mol. The summed E-state index contributed by atoms with van der Waals surface area (Å²) in [6, 6.07) is 0. The van der Waals surface area contributed by atoms with Crippen molar-refractivity contribution in [2.75, 3.05) is 0 Å². The zero-order valence-electron chi connectivity index (χ0n) is 12.9. The predicted molar refractivity (Wildman–Crippen MR) is 61.4 cm³/mol. The molecule has 0 N–H and O–H groups in total. The van der Waals surface area contributed by atoms with Gasteiger partial charge in [0.2, 0.25) is 6.10 Å². The molecule has 0 spiro atoms. The number of carbonyl (C=O) groups excluding carboxylic acids is 1. The van der Waals surface area contributed by atoms with Crippen LogP contribution in [0.3, 0.4) is 0 Å². The Bertz CT molecular complexity index is 616. The lowest BCUT2D eigenvalue weighted by molar-refractivity contribution is -0.362. The van der Waals surface area contributed by atoms with Gasteiger partial charge in [0, 0.05) is 0 Å². The summed E-state index contributed by atoms with van der Waals surface area (Å²) in [6.07, 6.45) is -4.62. The van der Waals surface area contributed by atoms with Crippen molar-refractivity contribution < 1.29 is 53.4 Å². The van der Waals surface area contributed by atoms with Crippen LogP contribution in [0.4, 0.5) is 43.9 Å². The van der Waals surface area contributed by atoms with E-state index in [1.807, 2.05) is 0 Å². The van der Waals surface area contributed by atoms with E-state index < -0.39 is 52.5 Å². The van der Waals surface area contributed by atoms with Gasteiger partial charge in [-0.05, 0) is 20.3 Å². The highest BCUT2D eigenvalue weighted by molar-refractivity contribution is 5.76. The third-order valence-corrected chi connectivity index (χ3v) is 4.98. The molecule has 2 fully saturated rings. The number of esters is 1. The van der Waals surface area contributed by atoms with Gasteiger partial charge in [-0.25, -0.2) is 8.78 Å². The molecule has 0 heterocycles. The van der Waals surface area contributed by atoms with Gasteiger partial charge >= 0.3 is 35.3 Å². The summed E-state index contributed by atoms with van der Waals surface area (Å²) in [7, 11) is 0. The fraction of sp³-hybridized carbons (Fsp3) is 0.923. The first-order valence-electron chi connectivity index (χ1n) is 6.92. The molecular formula is C13H12F10O2. The highest BCUT2D eigenvalue weighted by atomic mass is 19.3. The van der Waals surface area contributed by atoms with E-state index in [0.29, 0.717) is 0 Å². The van der Waals surface area contributed by atoms with Crippen LogP contribution in [0.1, 0.15) is 27.2 Å². The van der Waals surface area contributed by atoms with Crippen molar-refractivity contribution in [1.29, 1.82) is 0 Å². The SMILES string of the molecule is CCC(C)(C)C(=O)OC1C(F)(F)C2(F)C(F)(F)C(F)(F)C1(F)C2(F)F. The molecule has 2 nitrogen and oxygen atoms in total. The van der Waals surface area contributed by atoms with Crippen LogP contribution in [0.15, 0.2) is 0 Å². The van der Waals surface area contributed by atoms with Crippen LogP contribution < -0.4 is 0 Å². The third kappa shape index (κ3) is 1.62. The van der Waals surface area contributed by atoms with E-state index in [0.717, 1.165) is 13.8 Å². The standard InChI is InChI=1S/C13H12F10O2/c1-4-7(2,3)6(24)25-5-8(14)11(18,19)10(17,9(5,15)16)13(22,23)12(8,20)21/h5H,4H2,1-3H3. The number of hydrogen-bond acceptors (Lipinski definition) is 2. The van der Waals surface area contributed by atoms with E-state index in [9.17, 15) is 48.7 Å². The number of halogens is 10. The second kappa shape index (κ2) is 4.54. The quantitative estimate of drug-likeness (QED) is 0.530. The van der Waals surface area contributed by atoms with E-state index in [1.165, 1.54) is 6.92 Å². The van der Waals surface area contributed by atoms with Gasteiger partial charge in [-0.15, -0.1) is 0 Å². The lowest BCUT2D eigenvalue weighted by Crippen LogP contribution is -2.72. The summed E-state index contributed by atoms with van der Waals surface area (Å²) in [5.41, 5.74) is -14.4. The molecule has 146 valence electrons. The summed E-state index contributed by atoms with van der Waals surface area (Å²) >= 11 is 0. The molecule has 3 unspecified atom stereocenters. The second-order valence-electron chi connectivity index (χ2n) is 6.74. The predicted octanol–water partition coefficient (Wildman–Crippen LogP) is 4.32. The Labute approximate surface area is 134 Å². The van der Waals surface area contributed by atoms with Crippen LogP contribution in [0, 0.1) is 5.41 Å². The van der Waals surface area contributed by atoms with Gasteiger partial charge in [-0.3, -0.25) is 4.79 Å². The lowest BCUT2D eigenvalue weighted by atomic mass is 9.83. The molecule has 25 heavy (non-hydrogen) atoms. The molecule has 0 aliphatic heterocycles. The number of ether oxygens (including phenoxy) is 1. The molecule has 0 aromatic carbocycles. The van der Waals surface area contributed by atoms with E-state index in [4.69, 9.17) is 0 Å². The van der Waals surface area contributed by atoms with Gasteiger partial charge in [0.05, 0.1) is 5.41 Å². The zero-order valence-corrected chi connectivity index (χ0v) is 12.9. The average Bonchev–Trinajstić information content (AvgIpc) is 2.60. The molecule has 0 aromatic heterocycles. The molecular weight excluding hydrogens is 378 g/mol. The number of alkyl halides is 10. The third-order valence-electron chi connectivity index (χ3n) is 4.98. The summed E-state index contributed by atoms with van der Waals surface area (Å²) < 4.78 is 142. The first-order valence-corrected chi connectivity index (χ1v) is 6.92. The molecule has 2 bridgehead atoms. The van der Waals surface area contributed by atoms with Crippen molar-refractivity contribution in [2.24, 2.45) is 5.41 Å². The van der Waals surface area contributed by atoms with Gasteiger partial charge in [0.1, 0.15) is 0 Å². The Kier molecular flexibility index (Phi) is 3.65. The van der Waals surface area contributed by atoms with Crippen molar-refractivity contribution >= 4 is 5.97 Å². The Morgan fingerprint density at radius 1 is 0.880 bits per heavy atom. The Morgan fingerprint density at radius 2 is 1.32 bits per heavy atom. The fourth-order valence-corrected chi connectivity index (χ4v) is 2.83. The van der Waals surface area contributed by atoms with Crippen molar-refractivity contribution in [3.63, 3.8) is 0 Å². The number of rotatable bonds is 3. The van der Waals surface area contributed by atoms with Crippen LogP contribution in [-0.4, -0.2) is 47.1 Å². The Balaban J connectivity index is 2.69. The molecule has 12 heteroatoms.